The number of rotatable bonds is 8. The molecule has 0 bridgehead atoms. The minimum atomic E-state index is -0.635. The lowest BCUT2D eigenvalue weighted by Crippen LogP contribution is -2.31. The molecule has 5 rings (SSSR count). The van der Waals surface area contributed by atoms with Gasteiger partial charge in [0.25, 0.3) is 5.91 Å². The van der Waals surface area contributed by atoms with Crippen LogP contribution >= 0.6 is 0 Å². The molecule has 1 amide bonds. The molecule has 1 aliphatic rings. The number of benzene rings is 3. The van der Waals surface area contributed by atoms with Gasteiger partial charge in [-0.1, -0.05) is 30.3 Å². The highest BCUT2D eigenvalue weighted by molar-refractivity contribution is 6.06. The summed E-state index contributed by atoms with van der Waals surface area (Å²) in [5.74, 6) is 2.60. The lowest BCUT2D eigenvalue weighted by atomic mass is 9.94. The molecule has 38 heavy (non-hydrogen) atoms. The molecule has 9 nitrogen and oxygen atoms in total. The normalized spacial score (nSPS) is 14.4. The van der Waals surface area contributed by atoms with Gasteiger partial charge in [0.05, 0.1) is 26.4 Å². The first kappa shape index (κ1) is 24.9. The van der Waals surface area contributed by atoms with Crippen LogP contribution in [0.5, 0.6) is 17.2 Å². The second kappa shape index (κ2) is 10.7. The van der Waals surface area contributed by atoms with Crippen LogP contribution in [0.25, 0.3) is 11.4 Å². The number of carbonyl (C=O) groups is 1. The highest BCUT2D eigenvalue weighted by Crippen LogP contribution is 2.43. The number of allylic oxidation sites excluding steroid dienone is 1. The topological polar surface area (TPSA) is 99.5 Å². The molecule has 0 fully saturated rings. The van der Waals surface area contributed by atoms with Crippen molar-refractivity contribution in [3.8, 4) is 28.6 Å². The van der Waals surface area contributed by atoms with Crippen molar-refractivity contribution in [2.75, 3.05) is 31.5 Å². The van der Waals surface area contributed by atoms with Crippen LogP contribution in [0, 0.1) is 0 Å². The molecule has 0 spiro atoms. The van der Waals surface area contributed by atoms with Crippen molar-refractivity contribution >= 4 is 17.5 Å². The number of methoxy groups -OCH3 is 2. The highest BCUT2D eigenvalue weighted by atomic mass is 16.5. The first-order valence-corrected chi connectivity index (χ1v) is 12.3. The van der Waals surface area contributed by atoms with Crippen molar-refractivity contribution in [2.45, 2.75) is 19.9 Å². The summed E-state index contributed by atoms with van der Waals surface area (Å²) in [5, 5.41) is 11.1. The Kier molecular flexibility index (Phi) is 6.99. The van der Waals surface area contributed by atoms with Gasteiger partial charge in [-0.25, -0.2) is 4.68 Å². The number of fused-ring (bicyclic) bond motifs is 1. The number of para-hydroxylation sites is 2. The van der Waals surface area contributed by atoms with Gasteiger partial charge in [0, 0.05) is 22.5 Å². The van der Waals surface area contributed by atoms with Crippen molar-refractivity contribution in [1.29, 1.82) is 0 Å². The van der Waals surface area contributed by atoms with Gasteiger partial charge < -0.3 is 24.8 Å². The second-order valence-electron chi connectivity index (χ2n) is 8.63. The molecule has 3 aromatic carbocycles. The summed E-state index contributed by atoms with van der Waals surface area (Å²) in [6, 6.07) is 21.9. The number of aromatic nitrogens is 3. The largest absolute Gasteiger partial charge is 0.494 e. The van der Waals surface area contributed by atoms with Gasteiger partial charge in [-0.2, -0.15) is 4.98 Å². The molecule has 2 heterocycles. The maximum atomic E-state index is 13.7. The van der Waals surface area contributed by atoms with Gasteiger partial charge in [-0.05, 0) is 56.3 Å². The van der Waals surface area contributed by atoms with Crippen molar-refractivity contribution in [1.82, 2.24) is 14.8 Å². The lowest BCUT2D eigenvalue weighted by molar-refractivity contribution is -0.113. The Morgan fingerprint density at radius 3 is 2.45 bits per heavy atom. The first-order valence-electron chi connectivity index (χ1n) is 12.3. The predicted octanol–water partition coefficient (Wildman–Crippen LogP) is 5.29. The van der Waals surface area contributed by atoms with E-state index in [-0.39, 0.29) is 5.91 Å². The van der Waals surface area contributed by atoms with Gasteiger partial charge in [-0.15, -0.1) is 5.10 Å². The number of hydrogen-bond acceptors (Lipinski definition) is 7. The van der Waals surface area contributed by atoms with Crippen molar-refractivity contribution < 1.29 is 19.0 Å². The Balaban J connectivity index is 1.63. The summed E-state index contributed by atoms with van der Waals surface area (Å²) in [6.07, 6.45) is 0. The molecular weight excluding hydrogens is 482 g/mol. The molecule has 1 unspecified atom stereocenters. The van der Waals surface area contributed by atoms with Gasteiger partial charge in [-0.3, -0.25) is 4.79 Å². The summed E-state index contributed by atoms with van der Waals surface area (Å²) in [5.41, 5.74) is 3.37. The zero-order chi connectivity index (χ0) is 26.6. The van der Waals surface area contributed by atoms with Crippen LogP contribution in [0.4, 0.5) is 11.6 Å². The third-order valence-corrected chi connectivity index (χ3v) is 6.28. The van der Waals surface area contributed by atoms with E-state index in [9.17, 15) is 4.79 Å². The number of anilines is 2. The fourth-order valence-electron chi connectivity index (χ4n) is 4.57. The van der Waals surface area contributed by atoms with Crippen LogP contribution in [0.15, 0.2) is 84.1 Å². The molecule has 1 atom stereocenters. The van der Waals surface area contributed by atoms with Gasteiger partial charge >= 0.3 is 0 Å². The van der Waals surface area contributed by atoms with Crippen molar-refractivity contribution in [3.63, 3.8) is 0 Å². The number of ether oxygens (including phenoxy) is 3. The van der Waals surface area contributed by atoms with E-state index in [1.54, 1.807) is 18.9 Å². The van der Waals surface area contributed by atoms with E-state index in [0.29, 0.717) is 46.8 Å². The third-order valence-electron chi connectivity index (χ3n) is 6.28. The fraction of sp³-hybridized carbons (Fsp3) is 0.207. The quantitative estimate of drug-likeness (QED) is 0.332. The summed E-state index contributed by atoms with van der Waals surface area (Å²) < 4.78 is 18.6. The van der Waals surface area contributed by atoms with Crippen LogP contribution in [-0.4, -0.2) is 41.5 Å². The number of amides is 1. The van der Waals surface area contributed by atoms with E-state index in [0.717, 1.165) is 16.9 Å². The molecule has 1 aromatic heterocycles. The van der Waals surface area contributed by atoms with Gasteiger partial charge in [0.2, 0.25) is 5.95 Å². The average Bonchev–Trinajstić information content (AvgIpc) is 3.36. The van der Waals surface area contributed by atoms with Crippen LogP contribution in [0.2, 0.25) is 0 Å². The molecule has 2 N–H and O–H groups in total. The first-order chi connectivity index (χ1) is 18.5. The fourth-order valence-corrected chi connectivity index (χ4v) is 4.57. The average molecular weight is 512 g/mol. The number of hydrogen-bond donors (Lipinski definition) is 2. The van der Waals surface area contributed by atoms with E-state index in [2.05, 4.69) is 10.6 Å². The molecule has 1 aliphatic heterocycles. The maximum absolute atomic E-state index is 13.7. The molecule has 194 valence electrons. The zero-order valence-corrected chi connectivity index (χ0v) is 21.7. The molecule has 0 aliphatic carbocycles. The summed E-state index contributed by atoms with van der Waals surface area (Å²) in [6.45, 7) is 4.38. The Morgan fingerprint density at radius 2 is 1.76 bits per heavy atom. The van der Waals surface area contributed by atoms with Crippen LogP contribution < -0.4 is 24.8 Å². The SMILES string of the molecule is CCOc1ccc(-c2nc3n(n2)C(c2cccc(OC)c2OC)C(C(=O)Nc2ccccc2)=C(C)N3)cc1. The number of nitrogens with zero attached hydrogens (tertiary/aromatic N) is 3. The van der Waals surface area contributed by atoms with E-state index in [1.165, 1.54) is 0 Å². The van der Waals surface area contributed by atoms with Gasteiger partial charge in [0.1, 0.15) is 11.8 Å². The summed E-state index contributed by atoms with van der Waals surface area (Å²) >= 11 is 0. The minimum absolute atomic E-state index is 0.264. The Morgan fingerprint density at radius 1 is 1.00 bits per heavy atom. The minimum Gasteiger partial charge on any atom is -0.494 e. The maximum Gasteiger partial charge on any atom is 0.255 e. The van der Waals surface area contributed by atoms with E-state index in [1.807, 2.05) is 86.6 Å². The zero-order valence-electron chi connectivity index (χ0n) is 21.7. The summed E-state index contributed by atoms with van der Waals surface area (Å²) in [7, 11) is 3.16. The number of carbonyl (C=O) groups excluding carboxylic acids is 1. The van der Waals surface area contributed by atoms with Crippen LogP contribution in [0.3, 0.4) is 0 Å². The smallest absolute Gasteiger partial charge is 0.255 e. The molecular formula is C29H29N5O4. The predicted molar refractivity (Wildman–Crippen MR) is 146 cm³/mol. The van der Waals surface area contributed by atoms with Crippen molar-refractivity contribution in [2.24, 2.45) is 0 Å². The highest BCUT2D eigenvalue weighted by Gasteiger charge is 2.36. The van der Waals surface area contributed by atoms with E-state index >= 15 is 0 Å². The Bertz CT molecular complexity index is 1480. The lowest BCUT2D eigenvalue weighted by Gasteiger charge is -2.30. The molecule has 9 heteroatoms. The molecule has 0 saturated carbocycles. The van der Waals surface area contributed by atoms with E-state index in [4.69, 9.17) is 24.3 Å². The van der Waals surface area contributed by atoms with E-state index < -0.39 is 6.04 Å². The van der Waals surface area contributed by atoms with Crippen molar-refractivity contribution in [3.05, 3.63) is 89.6 Å². The standard InChI is InChI=1S/C29H29N5O4/c1-5-38-21-16-14-19(15-17-21)27-32-29-30-18(2)24(28(35)31-20-10-7-6-8-11-20)25(34(29)33-27)22-12-9-13-23(36-3)26(22)37-4/h6-17,25H,5H2,1-4H3,(H,31,35)(H,30,32,33). The van der Waals surface area contributed by atoms with Crippen LogP contribution in [0.1, 0.15) is 25.5 Å². The Labute approximate surface area is 221 Å². The monoisotopic (exact) mass is 511 g/mol. The third kappa shape index (κ3) is 4.66. The van der Waals surface area contributed by atoms with Crippen LogP contribution in [-0.2, 0) is 4.79 Å². The molecule has 4 aromatic rings. The second-order valence-corrected chi connectivity index (χ2v) is 8.63. The number of nitrogens with one attached hydrogen (secondary N) is 2. The Hall–Kier alpha value is -4.79. The molecule has 0 radical (unpaired) electrons. The summed E-state index contributed by atoms with van der Waals surface area (Å²) in [4.78, 5) is 18.5. The molecule has 0 saturated heterocycles. The van der Waals surface area contributed by atoms with Gasteiger partial charge in [0.15, 0.2) is 17.3 Å².